The minimum absolute atomic E-state index is 0.137. The van der Waals surface area contributed by atoms with Gasteiger partial charge in [-0.2, -0.15) is 20.2 Å². The van der Waals surface area contributed by atoms with Crippen LogP contribution in [0.2, 0.25) is 0 Å². The van der Waals surface area contributed by atoms with E-state index in [9.17, 15) is 8.42 Å². The summed E-state index contributed by atoms with van der Waals surface area (Å²) in [7, 11) is 0.0943. The first kappa shape index (κ1) is 20.6. The quantitative estimate of drug-likeness (QED) is 0.254. The van der Waals surface area contributed by atoms with E-state index in [2.05, 4.69) is 24.4 Å². The van der Waals surface area contributed by atoms with Crippen LogP contribution in [0, 0.1) is 5.41 Å². The van der Waals surface area contributed by atoms with E-state index in [1.165, 1.54) is 11.3 Å². The third-order valence-corrected chi connectivity index (χ3v) is 5.75. The second-order valence-corrected chi connectivity index (χ2v) is 8.87. The van der Waals surface area contributed by atoms with Crippen molar-refractivity contribution in [1.82, 2.24) is 15.2 Å². The molecule has 0 saturated heterocycles. The molecule has 26 heavy (non-hydrogen) atoms. The highest BCUT2D eigenvalue weighted by Crippen LogP contribution is 2.19. The lowest BCUT2D eigenvalue weighted by molar-refractivity contribution is 0.422. The zero-order valence-electron chi connectivity index (χ0n) is 14.5. The first-order valence-corrected chi connectivity index (χ1v) is 11.1. The van der Waals surface area contributed by atoms with Crippen molar-refractivity contribution in [3.8, 4) is 0 Å². The maximum absolute atomic E-state index is 11.6. The Bertz CT molecular complexity index is 800. The van der Waals surface area contributed by atoms with E-state index in [1.54, 1.807) is 11.8 Å². The molecule has 0 aliphatic carbocycles. The maximum Gasteiger partial charge on any atom is 0.365 e. The van der Waals surface area contributed by atoms with Crippen molar-refractivity contribution >= 4 is 55.9 Å². The number of guanidine groups is 1. The average molecular weight is 419 g/mol. The molecule has 144 valence electrons. The van der Waals surface area contributed by atoms with E-state index in [0.717, 1.165) is 11.4 Å². The highest BCUT2D eigenvalue weighted by Gasteiger charge is 2.23. The molecule has 5 N–H and O–H groups in total. The molecule has 0 unspecified atom stereocenters. The zero-order chi connectivity index (χ0) is 19.2. The Kier molecular flexibility index (Phi) is 7.37. The Morgan fingerprint density at radius 1 is 1.42 bits per heavy atom. The number of hydrogen-bond acceptors (Lipinski definition) is 8. The summed E-state index contributed by atoms with van der Waals surface area (Å²) in [6.45, 7) is 1.27. The van der Waals surface area contributed by atoms with E-state index in [4.69, 9.17) is 11.1 Å². The monoisotopic (exact) mass is 418 g/mol. The van der Waals surface area contributed by atoms with Crippen LogP contribution in [0.25, 0.3) is 0 Å². The molecule has 1 aliphatic rings. The van der Waals surface area contributed by atoms with Crippen LogP contribution in [0.3, 0.4) is 0 Å². The van der Waals surface area contributed by atoms with Gasteiger partial charge >= 0.3 is 10.2 Å². The second-order valence-electron chi connectivity index (χ2n) is 5.64. The molecular weight excluding hydrogens is 396 g/mol. The summed E-state index contributed by atoms with van der Waals surface area (Å²) >= 11 is 3.05. The summed E-state index contributed by atoms with van der Waals surface area (Å²) < 4.78 is 30.5. The number of amidine groups is 1. The highest BCUT2D eigenvalue weighted by atomic mass is 32.2. The molecule has 0 spiro atoms. The number of nitrogens with one attached hydrogen (secondary N) is 3. The Labute approximate surface area is 161 Å². The molecule has 1 aromatic heterocycles. The molecule has 0 radical (unpaired) electrons. The van der Waals surface area contributed by atoms with Gasteiger partial charge < -0.3 is 21.3 Å². The summed E-state index contributed by atoms with van der Waals surface area (Å²) in [5.74, 6) is 1.67. The largest absolute Gasteiger partial charge is 0.370 e. The van der Waals surface area contributed by atoms with Gasteiger partial charge in [0.25, 0.3) is 0 Å². The van der Waals surface area contributed by atoms with Crippen LogP contribution < -0.4 is 16.4 Å². The van der Waals surface area contributed by atoms with E-state index in [1.807, 2.05) is 24.4 Å². The molecule has 2 rings (SSSR count). The smallest absolute Gasteiger partial charge is 0.365 e. The number of aromatic nitrogens is 1. The second kappa shape index (κ2) is 9.30. The molecule has 1 aromatic rings. The van der Waals surface area contributed by atoms with Crippen LogP contribution in [0.5, 0.6) is 0 Å². The molecule has 2 heterocycles. The van der Waals surface area contributed by atoms with E-state index in [-0.39, 0.29) is 5.96 Å². The first-order valence-electron chi connectivity index (χ1n) is 7.71. The van der Waals surface area contributed by atoms with Gasteiger partial charge in [-0.25, -0.2) is 4.98 Å². The van der Waals surface area contributed by atoms with E-state index >= 15 is 0 Å². The molecule has 0 aromatic carbocycles. The van der Waals surface area contributed by atoms with Gasteiger partial charge in [0.1, 0.15) is 0 Å². The lowest BCUT2D eigenvalue weighted by Crippen LogP contribution is -2.33. The van der Waals surface area contributed by atoms with Gasteiger partial charge in [0.2, 0.25) is 0 Å². The normalized spacial score (nSPS) is 15.7. The van der Waals surface area contributed by atoms with Gasteiger partial charge in [-0.05, 0) is 14.1 Å². The van der Waals surface area contributed by atoms with Gasteiger partial charge in [-0.1, -0.05) is 0 Å². The number of hydrogen-bond donors (Lipinski definition) is 4. The molecule has 0 bridgehead atoms. The standard InChI is InChI=1S/C13H22N8O2S3/c1-21(2)5-3-10-11(20-26(22,23)19-10)16-4-6-24-7-9-8-25-13(17-9)18-12(14)15/h8H,3-7H2,1-2H3,(H,16,20)(H4,14,15,17,18). The number of rotatable bonds is 9. The summed E-state index contributed by atoms with van der Waals surface area (Å²) in [4.78, 5) is 6.28. The van der Waals surface area contributed by atoms with Crippen molar-refractivity contribution in [2.75, 3.05) is 38.3 Å². The first-order chi connectivity index (χ1) is 12.2. The molecular formula is C13H22N8O2S3. The predicted molar refractivity (Wildman–Crippen MR) is 109 cm³/mol. The number of nitrogens with two attached hydrogens (primary N) is 1. The van der Waals surface area contributed by atoms with Crippen LogP contribution in [-0.2, 0) is 16.0 Å². The number of thiazole rings is 1. The maximum atomic E-state index is 11.6. The SMILES string of the molecule is CN(C)CCC1=NS(=O)(=O)N=C1NCCSCc1csc(NC(=N)N)n1. The van der Waals surface area contributed by atoms with Crippen LogP contribution >= 0.6 is 23.1 Å². The van der Waals surface area contributed by atoms with E-state index < -0.39 is 10.2 Å². The summed E-state index contributed by atoms with van der Waals surface area (Å²) in [6.07, 6.45) is 0.524. The third kappa shape index (κ3) is 6.90. The van der Waals surface area contributed by atoms with Crippen LogP contribution in [-0.4, -0.2) is 68.7 Å². The summed E-state index contributed by atoms with van der Waals surface area (Å²) in [5.41, 5.74) is 6.64. The minimum Gasteiger partial charge on any atom is -0.370 e. The van der Waals surface area contributed by atoms with Crippen molar-refractivity contribution in [2.45, 2.75) is 12.2 Å². The molecule has 10 nitrogen and oxygen atoms in total. The van der Waals surface area contributed by atoms with Crippen molar-refractivity contribution < 1.29 is 8.42 Å². The Morgan fingerprint density at radius 3 is 2.88 bits per heavy atom. The average Bonchev–Trinajstić information content (AvgIpc) is 3.08. The lowest BCUT2D eigenvalue weighted by atomic mass is 10.2. The van der Waals surface area contributed by atoms with Gasteiger partial charge in [-0.3, -0.25) is 5.41 Å². The van der Waals surface area contributed by atoms with Crippen molar-refractivity contribution in [3.05, 3.63) is 11.1 Å². The molecule has 13 heteroatoms. The summed E-state index contributed by atoms with van der Waals surface area (Å²) in [6, 6.07) is 0. The number of anilines is 1. The number of thioether (sulfide) groups is 1. The Morgan fingerprint density at radius 2 is 2.19 bits per heavy atom. The van der Waals surface area contributed by atoms with Gasteiger partial charge in [0.05, 0.1) is 11.4 Å². The highest BCUT2D eigenvalue weighted by molar-refractivity contribution is 7.98. The Hall–Kier alpha value is -1.70. The van der Waals surface area contributed by atoms with Gasteiger partial charge in [-0.15, -0.1) is 20.1 Å². The van der Waals surface area contributed by atoms with Crippen molar-refractivity contribution in [1.29, 1.82) is 5.41 Å². The fraction of sp³-hybridized carbons (Fsp3) is 0.538. The van der Waals surface area contributed by atoms with Crippen molar-refractivity contribution in [3.63, 3.8) is 0 Å². The molecule has 0 amide bonds. The van der Waals surface area contributed by atoms with Crippen LogP contribution in [0.4, 0.5) is 5.13 Å². The van der Waals surface area contributed by atoms with Crippen molar-refractivity contribution in [2.24, 2.45) is 14.5 Å². The van der Waals surface area contributed by atoms with Crippen LogP contribution in [0.1, 0.15) is 12.1 Å². The third-order valence-electron chi connectivity index (χ3n) is 3.08. The molecule has 1 aliphatic heterocycles. The predicted octanol–water partition coefficient (Wildman–Crippen LogP) is 0.321. The lowest BCUT2D eigenvalue weighted by Gasteiger charge is -2.10. The fourth-order valence-electron chi connectivity index (χ4n) is 1.96. The molecule has 0 fully saturated rings. The van der Waals surface area contributed by atoms with Gasteiger partial charge in [0.15, 0.2) is 16.9 Å². The van der Waals surface area contributed by atoms with Gasteiger partial charge in [0, 0.05) is 36.4 Å². The van der Waals surface area contributed by atoms with Crippen LogP contribution in [0.15, 0.2) is 14.2 Å². The van der Waals surface area contributed by atoms with E-state index in [0.29, 0.717) is 41.9 Å². The zero-order valence-corrected chi connectivity index (χ0v) is 17.0. The minimum atomic E-state index is -3.74. The Balaban J connectivity index is 1.74. The molecule has 0 atom stereocenters. The molecule has 0 saturated carbocycles. The topological polar surface area (TPSA) is 149 Å². The fourth-order valence-corrected chi connectivity index (χ4v) is 4.44. The number of nitrogens with zero attached hydrogens (tertiary/aromatic N) is 4. The summed E-state index contributed by atoms with van der Waals surface area (Å²) in [5, 5.41) is 15.4.